The van der Waals surface area contributed by atoms with Crippen molar-refractivity contribution in [3.05, 3.63) is 33.9 Å². The number of halogens is 1. The van der Waals surface area contributed by atoms with Crippen LogP contribution in [0.15, 0.2) is 17.5 Å². The molecule has 19 heavy (non-hydrogen) atoms. The molecule has 0 amide bonds. The van der Waals surface area contributed by atoms with Crippen molar-refractivity contribution in [3.63, 3.8) is 0 Å². The average molecular weight is 277 g/mol. The Morgan fingerprint density at radius 3 is 2.84 bits per heavy atom. The number of aromatic carboxylic acids is 1. The van der Waals surface area contributed by atoms with Crippen LogP contribution >= 0.6 is 11.3 Å². The van der Waals surface area contributed by atoms with E-state index >= 15 is 0 Å². The molecule has 0 aliphatic carbocycles. The van der Waals surface area contributed by atoms with Crippen molar-refractivity contribution < 1.29 is 14.3 Å². The number of carbonyl (C=O) groups is 1. The van der Waals surface area contributed by atoms with E-state index in [9.17, 15) is 9.18 Å². The van der Waals surface area contributed by atoms with E-state index in [1.165, 1.54) is 17.4 Å². The van der Waals surface area contributed by atoms with E-state index < -0.39 is 11.8 Å². The van der Waals surface area contributed by atoms with Crippen LogP contribution in [0.25, 0.3) is 22.6 Å². The molecule has 0 atom stereocenters. The lowest BCUT2D eigenvalue weighted by Crippen LogP contribution is -1.99. The molecule has 7 heteroatoms. The summed E-state index contributed by atoms with van der Waals surface area (Å²) in [5, 5.41) is 11.6. The lowest BCUT2D eigenvalue weighted by Gasteiger charge is -1.95. The maximum atomic E-state index is 13.5. The smallest absolute Gasteiger partial charge is 0.338 e. The molecule has 5 nitrogen and oxygen atoms in total. The maximum Gasteiger partial charge on any atom is 0.338 e. The highest BCUT2D eigenvalue weighted by atomic mass is 32.1. The van der Waals surface area contributed by atoms with Crippen LogP contribution in [-0.2, 0) is 0 Å². The zero-order valence-corrected chi connectivity index (χ0v) is 10.6. The minimum Gasteiger partial charge on any atom is -0.478 e. The molecule has 0 saturated heterocycles. The van der Waals surface area contributed by atoms with Crippen LogP contribution < -0.4 is 0 Å². The number of nitrogens with zero attached hydrogens (tertiary/aromatic N) is 2. The Bertz CT molecular complexity index is 793. The lowest BCUT2D eigenvalue weighted by molar-refractivity contribution is 0.0692. The van der Waals surface area contributed by atoms with Crippen molar-refractivity contribution in [3.8, 4) is 11.5 Å². The van der Waals surface area contributed by atoms with Crippen molar-refractivity contribution in [1.82, 2.24) is 15.0 Å². The number of thiazole rings is 1. The summed E-state index contributed by atoms with van der Waals surface area (Å²) in [5.41, 5.74) is 1.12. The third-order valence-electron chi connectivity index (χ3n) is 2.66. The molecular weight excluding hydrogens is 269 g/mol. The van der Waals surface area contributed by atoms with Crippen molar-refractivity contribution in [2.45, 2.75) is 6.92 Å². The first-order valence-corrected chi connectivity index (χ1v) is 6.27. The van der Waals surface area contributed by atoms with Crippen molar-refractivity contribution in [1.29, 1.82) is 0 Å². The van der Waals surface area contributed by atoms with Gasteiger partial charge in [-0.3, -0.25) is 0 Å². The standard InChI is InChI=1S/C12H8FN3O2S/c1-5-14-10(4-19-5)11-15-8-2-6(12(17)18)7(13)3-9(8)16-11/h2-4H,1H3,(H,15,16)(H,17,18). The second kappa shape index (κ2) is 4.13. The Morgan fingerprint density at radius 2 is 2.21 bits per heavy atom. The van der Waals surface area contributed by atoms with E-state index in [0.29, 0.717) is 22.6 Å². The molecule has 96 valence electrons. The third-order valence-corrected chi connectivity index (χ3v) is 3.44. The van der Waals surface area contributed by atoms with Gasteiger partial charge in [0.2, 0.25) is 0 Å². The number of nitrogens with one attached hydrogen (secondary N) is 1. The first-order valence-electron chi connectivity index (χ1n) is 5.39. The van der Waals surface area contributed by atoms with Gasteiger partial charge in [-0.25, -0.2) is 19.2 Å². The lowest BCUT2D eigenvalue weighted by atomic mass is 10.2. The number of benzene rings is 1. The molecule has 0 spiro atoms. The first-order chi connectivity index (χ1) is 9.04. The quantitative estimate of drug-likeness (QED) is 0.755. The van der Waals surface area contributed by atoms with Crippen molar-refractivity contribution in [2.24, 2.45) is 0 Å². The number of aromatic amines is 1. The second-order valence-electron chi connectivity index (χ2n) is 3.99. The minimum absolute atomic E-state index is 0.389. The van der Waals surface area contributed by atoms with Crippen LogP contribution in [0.3, 0.4) is 0 Å². The number of aromatic nitrogens is 3. The van der Waals surface area contributed by atoms with Crippen LogP contribution in [0.1, 0.15) is 15.4 Å². The molecule has 2 heterocycles. The van der Waals surface area contributed by atoms with Gasteiger partial charge in [-0.15, -0.1) is 11.3 Å². The number of rotatable bonds is 2. The van der Waals surface area contributed by atoms with E-state index in [-0.39, 0.29) is 5.56 Å². The van der Waals surface area contributed by atoms with Gasteiger partial charge < -0.3 is 10.1 Å². The Morgan fingerprint density at radius 1 is 1.42 bits per heavy atom. The molecule has 0 aliphatic heterocycles. The van der Waals surface area contributed by atoms with Gasteiger partial charge >= 0.3 is 5.97 Å². The van der Waals surface area contributed by atoms with Gasteiger partial charge in [0.25, 0.3) is 0 Å². The molecule has 0 aliphatic rings. The van der Waals surface area contributed by atoms with Crippen molar-refractivity contribution >= 4 is 28.3 Å². The molecule has 2 N–H and O–H groups in total. The van der Waals surface area contributed by atoms with E-state index in [0.717, 1.165) is 11.1 Å². The van der Waals surface area contributed by atoms with Crippen LogP contribution in [0.5, 0.6) is 0 Å². The molecule has 1 aromatic carbocycles. The normalized spacial score (nSPS) is 11.1. The molecule has 0 radical (unpaired) electrons. The van der Waals surface area contributed by atoms with Gasteiger partial charge in [0.05, 0.1) is 21.6 Å². The molecule has 3 rings (SSSR count). The molecule has 2 aromatic heterocycles. The highest BCUT2D eigenvalue weighted by Gasteiger charge is 2.15. The minimum atomic E-state index is -1.31. The van der Waals surface area contributed by atoms with Gasteiger partial charge in [-0.2, -0.15) is 0 Å². The summed E-state index contributed by atoms with van der Waals surface area (Å²) in [7, 11) is 0. The summed E-state index contributed by atoms with van der Waals surface area (Å²) in [5.74, 6) is -1.60. The average Bonchev–Trinajstić information content (AvgIpc) is 2.93. The predicted octanol–water partition coefficient (Wildman–Crippen LogP) is 2.83. The zero-order valence-electron chi connectivity index (χ0n) is 9.77. The number of hydrogen-bond acceptors (Lipinski definition) is 4. The second-order valence-corrected chi connectivity index (χ2v) is 5.05. The SMILES string of the molecule is Cc1nc(-c2nc3cc(C(=O)O)c(F)cc3[nH]2)cs1. The summed E-state index contributed by atoms with van der Waals surface area (Å²) >= 11 is 1.48. The van der Waals surface area contributed by atoms with Crippen LogP contribution in [0.2, 0.25) is 0 Å². The number of imidazole rings is 1. The molecule has 0 fully saturated rings. The largest absolute Gasteiger partial charge is 0.478 e. The number of H-pyrrole nitrogens is 1. The van der Waals surface area contributed by atoms with E-state index in [1.807, 2.05) is 12.3 Å². The third kappa shape index (κ3) is 1.97. The number of carboxylic acid groups (broad SMARTS) is 1. The topological polar surface area (TPSA) is 78.9 Å². The Hall–Kier alpha value is -2.28. The first kappa shape index (κ1) is 11.8. The van der Waals surface area contributed by atoms with E-state index in [4.69, 9.17) is 5.11 Å². The Kier molecular flexibility index (Phi) is 2.56. The van der Waals surface area contributed by atoms with Gasteiger partial charge in [0.1, 0.15) is 11.5 Å². The Labute approximate surface area is 110 Å². The summed E-state index contributed by atoms with van der Waals surface area (Å²) in [6, 6.07) is 2.35. The summed E-state index contributed by atoms with van der Waals surface area (Å²) < 4.78 is 13.5. The highest BCUT2D eigenvalue weighted by molar-refractivity contribution is 7.09. The van der Waals surface area contributed by atoms with Gasteiger partial charge in [0.15, 0.2) is 5.82 Å². The number of aryl methyl sites for hydroxylation is 1. The fourth-order valence-electron chi connectivity index (χ4n) is 1.79. The summed E-state index contributed by atoms with van der Waals surface area (Å²) in [6.45, 7) is 1.87. The van der Waals surface area contributed by atoms with E-state index in [2.05, 4.69) is 15.0 Å². The number of hydrogen-bond donors (Lipinski definition) is 2. The monoisotopic (exact) mass is 277 g/mol. The fourth-order valence-corrected chi connectivity index (χ4v) is 2.39. The van der Waals surface area contributed by atoms with Crippen LogP contribution in [0.4, 0.5) is 4.39 Å². The van der Waals surface area contributed by atoms with Crippen LogP contribution in [0, 0.1) is 12.7 Å². The highest BCUT2D eigenvalue weighted by Crippen LogP contribution is 2.24. The fraction of sp³-hybridized carbons (Fsp3) is 0.0833. The van der Waals surface area contributed by atoms with E-state index in [1.54, 1.807) is 0 Å². The summed E-state index contributed by atoms with van der Waals surface area (Å²) in [6.07, 6.45) is 0. The molecule has 0 unspecified atom stereocenters. The molecule has 3 aromatic rings. The predicted molar refractivity (Wildman–Crippen MR) is 68.9 cm³/mol. The molecule has 0 saturated carbocycles. The molecular formula is C12H8FN3O2S. The summed E-state index contributed by atoms with van der Waals surface area (Å²) in [4.78, 5) is 22.3. The van der Waals surface area contributed by atoms with Gasteiger partial charge in [-0.05, 0) is 13.0 Å². The van der Waals surface area contributed by atoms with Gasteiger partial charge in [-0.1, -0.05) is 0 Å². The van der Waals surface area contributed by atoms with Gasteiger partial charge in [0, 0.05) is 11.4 Å². The molecule has 0 bridgehead atoms. The zero-order chi connectivity index (χ0) is 13.6. The van der Waals surface area contributed by atoms with Crippen molar-refractivity contribution in [2.75, 3.05) is 0 Å². The Balaban J connectivity index is 2.18. The maximum absolute atomic E-state index is 13.5. The van der Waals surface area contributed by atoms with Crippen LogP contribution in [-0.4, -0.2) is 26.0 Å². The number of carboxylic acids is 1. The number of fused-ring (bicyclic) bond motifs is 1.